The number of aromatic nitrogens is 2. The molecule has 1 N–H and O–H groups in total. The number of hydrogen-bond donors (Lipinski definition) is 1. The third-order valence-corrected chi connectivity index (χ3v) is 4.55. The van der Waals surface area contributed by atoms with E-state index in [9.17, 15) is 4.79 Å². The highest BCUT2D eigenvalue weighted by molar-refractivity contribution is 9.10. The van der Waals surface area contributed by atoms with Crippen molar-refractivity contribution in [2.45, 2.75) is 6.42 Å². The Labute approximate surface area is 165 Å². The van der Waals surface area contributed by atoms with E-state index in [1.165, 1.54) is 0 Å². The maximum absolute atomic E-state index is 11.9. The van der Waals surface area contributed by atoms with Crippen LogP contribution in [0.4, 0.5) is 0 Å². The van der Waals surface area contributed by atoms with Crippen LogP contribution >= 0.6 is 27.5 Å². The van der Waals surface area contributed by atoms with Crippen LogP contribution in [0.5, 0.6) is 5.75 Å². The van der Waals surface area contributed by atoms with Crippen LogP contribution in [0.25, 0.3) is 5.69 Å². The monoisotopic (exact) mass is 433 g/mol. The van der Waals surface area contributed by atoms with E-state index in [2.05, 4.69) is 26.3 Å². The maximum atomic E-state index is 11.9. The Morgan fingerprint density at radius 3 is 2.73 bits per heavy atom. The number of ether oxygens (including phenoxy) is 1. The summed E-state index contributed by atoms with van der Waals surface area (Å²) in [5.74, 6) is 0.416. The third-order valence-electron chi connectivity index (χ3n) is 3.69. The number of carbonyl (C=O) groups is 1. The van der Waals surface area contributed by atoms with Crippen LogP contribution in [-0.2, 0) is 11.2 Å². The van der Waals surface area contributed by atoms with Crippen molar-refractivity contribution in [2.24, 2.45) is 0 Å². The second-order valence-electron chi connectivity index (χ2n) is 5.58. The zero-order valence-electron chi connectivity index (χ0n) is 13.9. The molecule has 2 aromatic carbocycles. The molecule has 3 aromatic rings. The van der Waals surface area contributed by atoms with Crippen molar-refractivity contribution in [3.05, 3.63) is 76.0 Å². The van der Waals surface area contributed by atoms with E-state index in [0.717, 1.165) is 22.1 Å². The molecule has 0 saturated carbocycles. The van der Waals surface area contributed by atoms with Gasteiger partial charge in [-0.1, -0.05) is 23.7 Å². The molecule has 0 spiro atoms. The molecule has 0 radical (unpaired) electrons. The van der Waals surface area contributed by atoms with E-state index in [-0.39, 0.29) is 12.5 Å². The SMILES string of the molecule is O=C(COc1ccc(Cl)cc1Br)NCCc1ccc(-n2cccn2)cc1. The Kier molecular flexibility index (Phi) is 6.30. The molecule has 3 rings (SSSR count). The molecule has 1 amide bonds. The van der Waals surface area contributed by atoms with Gasteiger partial charge in [0, 0.05) is 24.0 Å². The minimum atomic E-state index is -0.167. The van der Waals surface area contributed by atoms with Gasteiger partial charge < -0.3 is 10.1 Å². The number of carbonyl (C=O) groups excluding carboxylic acids is 1. The summed E-state index contributed by atoms with van der Waals surface area (Å²) in [5, 5.41) is 7.65. The minimum absolute atomic E-state index is 0.0432. The molecule has 26 heavy (non-hydrogen) atoms. The average molecular weight is 435 g/mol. The molecular formula is C19H17BrClN3O2. The van der Waals surface area contributed by atoms with E-state index in [0.29, 0.717) is 17.3 Å². The van der Waals surface area contributed by atoms with E-state index in [1.54, 1.807) is 29.1 Å². The number of hydrogen-bond acceptors (Lipinski definition) is 3. The van der Waals surface area contributed by atoms with Crippen molar-refractivity contribution in [3.8, 4) is 11.4 Å². The summed E-state index contributed by atoms with van der Waals surface area (Å²) in [7, 11) is 0. The van der Waals surface area contributed by atoms with Crippen LogP contribution in [0.15, 0.2) is 65.4 Å². The van der Waals surface area contributed by atoms with Crippen molar-refractivity contribution < 1.29 is 9.53 Å². The summed E-state index contributed by atoms with van der Waals surface area (Å²) in [4.78, 5) is 11.9. The average Bonchev–Trinajstić information content (AvgIpc) is 3.16. The predicted octanol–water partition coefficient (Wildman–Crippen LogP) is 4.03. The third kappa shape index (κ3) is 5.09. The van der Waals surface area contributed by atoms with Crippen molar-refractivity contribution in [2.75, 3.05) is 13.2 Å². The van der Waals surface area contributed by atoms with E-state index in [1.807, 2.05) is 36.5 Å². The first kappa shape index (κ1) is 18.5. The smallest absolute Gasteiger partial charge is 0.257 e. The summed E-state index contributed by atoms with van der Waals surface area (Å²) in [6.45, 7) is 0.504. The fraction of sp³-hybridized carbons (Fsp3) is 0.158. The van der Waals surface area contributed by atoms with Crippen molar-refractivity contribution in [1.29, 1.82) is 0 Å². The Morgan fingerprint density at radius 1 is 1.23 bits per heavy atom. The number of nitrogens with zero attached hydrogens (tertiary/aromatic N) is 2. The van der Waals surface area contributed by atoms with Crippen molar-refractivity contribution >= 4 is 33.4 Å². The van der Waals surface area contributed by atoms with Gasteiger partial charge in [-0.15, -0.1) is 0 Å². The molecule has 134 valence electrons. The van der Waals surface area contributed by atoms with E-state index >= 15 is 0 Å². The molecule has 7 heteroatoms. The van der Waals surface area contributed by atoms with Gasteiger partial charge in [0.15, 0.2) is 6.61 Å². The Morgan fingerprint density at radius 2 is 2.04 bits per heavy atom. The first-order valence-corrected chi connectivity index (χ1v) is 9.22. The molecule has 0 aliphatic heterocycles. The van der Waals surface area contributed by atoms with Crippen LogP contribution < -0.4 is 10.1 Å². The van der Waals surface area contributed by atoms with Gasteiger partial charge in [-0.2, -0.15) is 5.10 Å². The molecule has 0 saturated heterocycles. The summed E-state index contributed by atoms with van der Waals surface area (Å²) < 4.78 is 8.01. The molecule has 0 atom stereocenters. The van der Waals surface area contributed by atoms with E-state index in [4.69, 9.17) is 16.3 Å². The topological polar surface area (TPSA) is 56.1 Å². The van der Waals surface area contributed by atoms with Crippen LogP contribution in [0.3, 0.4) is 0 Å². The molecule has 0 unspecified atom stereocenters. The standard InChI is InChI=1S/C19H17BrClN3O2/c20-17-12-15(21)4-7-18(17)26-13-19(25)22-10-8-14-2-5-16(6-3-14)24-11-1-9-23-24/h1-7,9,11-12H,8,10,13H2,(H,22,25). The van der Waals surface area contributed by atoms with Crippen molar-refractivity contribution in [1.82, 2.24) is 15.1 Å². The second kappa shape index (κ2) is 8.87. The summed E-state index contributed by atoms with van der Waals surface area (Å²) >= 11 is 9.23. The van der Waals surface area contributed by atoms with Gasteiger partial charge in [-0.25, -0.2) is 4.68 Å². The normalized spacial score (nSPS) is 10.5. The molecule has 0 bridgehead atoms. The summed E-state index contributed by atoms with van der Waals surface area (Å²) in [6, 6.07) is 15.1. The predicted molar refractivity (Wildman–Crippen MR) is 105 cm³/mol. The van der Waals surface area contributed by atoms with Gasteiger partial charge in [-0.3, -0.25) is 4.79 Å². The van der Waals surface area contributed by atoms with Gasteiger partial charge in [0.1, 0.15) is 5.75 Å². The summed E-state index contributed by atoms with van der Waals surface area (Å²) in [5.41, 5.74) is 2.15. The van der Waals surface area contributed by atoms with Gasteiger partial charge in [-0.05, 0) is 64.3 Å². The zero-order chi connectivity index (χ0) is 18.4. The zero-order valence-corrected chi connectivity index (χ0v) is 16.2. The Hall–Kier alpha value is -2.31. The Balaban J connectivity index is 1.42. The lowest BCUT2D eigenvalue weighted by molar-refractivity contribution is -0.123. The molecule has 0 aliphatic rings. The number of rotatable bonds is 7. The maximum Gasteiger partial charge on any atom is 0.257 e. The first-order chi connectivity index (χ1) is 12.6. The molecule has 0 fully saturated rings. The molecule has 0 aliphatic carbocycles. The van der Waals surface area contributed by atoms with Gasteiger partial charge >= 0.3 is 0 Å². The highest BCUT2D eigenvalue weighted by Crippen LogP contribution is 2.27. The highest BCUT2D eigenvalue weighted by Gasteiger charge is 2.06. The molecule has 1 heterocycles. The fourth-order valence-corrected chi connectivity index (χ4v) is 3.17. The number of benzene rings is 2. The largest absolute Gasteiger partial charge is 0.483 e. The summed E-state index contributed by atoms with van der Waals surface area (Å²) in [6.07, 6.45) is 4.39. The van der Waals surface area contributed by atoms with Gasteiger partial charge in [0.2, 0.25) is 0 Å². The molecular weight excluding hydrogens is 418 g/mol. The number of amides is 1. The number of nitrogens with one attached hydrogen (secondary N) is 1. The van der Waals surface area contributed by atoms with Crippen LogP contribution in [0.1, 0.15) is 5.56 Å². The van der Waals surface area contributed by atoms with E-state index < -0.39 is 0 Å². The fourth-order valence-electron chi connectivity index (χ4n) is 2.37. The first-order valence-electron chi connectivity index (χ1n) is 8.05. The van der Waals surface area contributed by atoms with Crippen LogP contribution in [-0.4, -0.2) is 28.8 Å². The van der Waals surface area contributed by atoms with Crippen LogP contribution in [0.2, 0.25) is 5.02 Å². The van der Waals surface area contributed by atoms with Crippen molar-refractivity contribution in [3.63, 3.8) is 0 Å². The second-order valence-corrected chi connectivity index (χ2v) is 6.87. The number of halogens is 2. The lowest BCUT2D eigenvalue weighted by Crippen LogP contribution is -2.30. The highest BCUT2D eigenvalue weighted by atomic mass is 79.9. The lowest BCUT2D eigenvalue weighted by atomic mass is 10.1. The quantitative estimate of drug-likeness (QED) is 0.611. The van der Waals surface area contributed by atoms with Gasteiger partial charge in [0.05, 0.1) is 10.2 Å². The lowest BCUT2D eigenvalue weighted by Gasteiger charge is -2.09. The molecule has 5 nitrogen and oxygen atoms in total. The molecule has 1 aromatic heterocycles. The van der Waals surface area contributed by atoms with Gasteiger partial charge in [0.25, 0.3) is 5.91 Å². The Bertz CT molecular complexity index is 867. The van der Waals surface area contributed by atoms with Crippen LogP contribution in [0, 0.1) is 0 Å². The minimum Gasteiger partial charge on any atom is -0.483 e.